The Labute approximate surface area is 191 Å². The van der Waals surface area contributed by atoms with Crippen molar-refractivity contribution in [2.45, 2.75) is 48.6 Å². The second-order valence-corrected chi connectivity index (χ2v) is 9.66. The van der Waals surface area contributed by atoms with E-state index in [9.17, 15) is 14.7 Å². The van der Waals surface area contributed by atoms with Gasteiger partial charge in [-0.1, -0.05) is 24.3 Å². The Bertz CT molecular complexity index is 941. The number of hydrogen-bond acceptors (Lipinski definition) is 5. The predicted molar refractivity (Wildman–Crippen MR) is 119 cm³/mol. The molecular weight excluding hydrogens is 441 g/mol. The summed E-state index contributed by atoms with van der Waals surface area (Å²) in [4.78, 5) is 25.1. The SMILES string of the molecule is COC(=O)C(Cc1ccc(O)cc1)NC(=O)C(C)(C)Oc1ccc(C2CC2(Cl)Cl)cc1. The van der Waals surface area contributed by atoms with Gasteiger partial charge in [0.2, 0.25) is 0 Å². The van der Waals surface area contributed by atoms with Crippen LogP contribution in [0.3, 0.4) is 0 Å². The molecule has 2 atom stereocenters. The second-order valence-electron chi connectivity index (χ2n) is 8.12. The van der Waals surface area contributed by atoms with Gasteiger partial charge in [-0.05, 0) is 55.7 Å². The van der Waals surface area contributed by atoms with Crippen molar-refractivity contribution in [3.63, 3.8) is 0 Å². The lowest BCUT2D eigenvalue weighted by atomic mass is 10.0. The van der Waals surface area contributed by atoms with Gasteiger partial charge in [0.05, 0.1) is 7.11 Å². The number of hydrogen-bond donors (Lipinski definition) is 2. The van der Waals surface area contributed by atoms with E-state index in [0.717, 1.165) is 11.1 Å². The van der Waals surface area contributed by atoms with Crippen molar-refractivity contribution < 1.29 is 24.2 Å². The van der Waals surface area contributed by atoms with E-state index in [1.807, 2.05) is 12.1 Å². The molecule has 1 aliphatic rings. The fraction of sp³-hybridized carbons (Fsp3) is 0.391. The number of carbonyl (C=O) groups excluding carboxylic acids is 2. The molecule has 0 saturated heterocycles. The highest BCUT2D eigenvalue weighted by Crippen LogP contribution is 2.59. The highest BCUT2D eigenvalue weighted by molar-refractivity contribution is 6.51. The number of benzene rings is 2. The van der Waals surface area contributed by atoms with Gasteiger partial charge in [0.25, 0.3) is 5.91 Å². The highest BCUT2D eigenvalue weighted by Gasteiger charge is 2.52. The zero-order chi connectivity index (χ0) is 22.8. The predicted octanol–water partition coefficient (Wildman–Crippen LogP) is 4.11. The highest BCUT2D eigenvalue weighted by atomic mass is 35.5. The van der Waals surface area contributed by atoms with Crippen LogP contribution in [0.15, 0.2) is 48.5 Å². The number of alkyl halides is 2. The lowest BCUT2D eigenvalue weighted by Gasteiger charge is -2.27. The average molecular weight is 466 g/mol. The summed E-state index contributed by atoms with van der Waals surface area (Å²) in [5.41, 5.74) is 0.530. The van der Waals surface area contributed by atoms with Crippen molar-refractivity contribution in [1.29, 1.82) is 0 Å². The molecule has 1 fully saturated rings. The van der Waals surface area contributed by atoms with Gasteiger partial charge in [-0.15, -0.1) is 23.2 Å². The smallest absolute Gasteiger partial charge is 0.328 e. The van der Waals surface area contributed by atoms with Gasteiger partial charge in [-0.2, -0.15) is 0 Å². The van der Waals surface area contributed by atoms with Gasteiger partial charge in [-0.25, -0.2) is 4.79 Å². The number of amides is 1. The summed E-state index contributed by atoms with van der Waals surface area (Å²) in [6, 6.07) is 12.8. The Morgan fingerprint density at radius 3 is 2.26 bits per heavy atom. The first-order chi connectivity index (χ1) is 14.5. The molecule has 0 bridgehead atoms. The van der Waals surface area contributed by atoms with Gasteiger partial charge in [0, 0.05) is 12.3 Å². The Morgan fingerprint density at radius 2 is 1.74 bits per heavy atom. The van der Waals surface area contributed by atoms with Crippen LogP contribution in [0.25, 0.3) is 0 Å². The number of halogens is 2. The standard InChI is InChI=1S/C23H25Cl2NO5/c1-22(2,31-17-10-6-15(7-11-17)18-13-23(18,24)25)21(29)26-19(20(28)30-3)12-14-4-8-16(27)9-5-14/h4-11,18-19,27H,12-13H2,1-3H3,(H,26,29). The second kappa shape index (κ2) is 8.97. The largest absolute Gasteiger partial charge is 0.508 e. The molecule has 8 heteroatoms. The van der Waals surface area contributed by atoms with Crippen LogP contribution in [0.5, 0.6) is 11.5 Å². The number of methoxy groups -OCH3 is 1. The number of nitrogens with one attached hydrogen (secondary N) is 1. The maximum absolute atomic E-state index is 12.9. The summed E-state index contributed by atoms with van der Waals surface area (Å²) in [5.74, 6) is -0.313. The third-order valence-electron chi connectivity index (χ3n) is 5.20. The first-order valence-corrected chi connectivity index (χ1v) is 10.6. The number of aromatic hydroxyl groups is 1. The summed E-state index contributed by atoms with van der Waals surface area (Å²) in [6.07, 6.45) is 0.920. The van der Waals surface area contributed by atoms with Crippen molar-refractivity contribution >= 4 is 35.1 Å². The van der Waals surface area contributed by atoms with Crippen LogP contribution in [-0.2, 0) is 20.7 Å². The zero-order valence-corrected chi connectivity index (χ0v) is 19.0. The first-order valence-electron chi connectivity index (χ1n) is 9.85. The molecule has 0 spiro atoms. The Kier molecular flexibility index (Phi) is 6.72. The Hall–Kier alpha value is -2.44. The van der Waals surface area contributed by atoms with E-state index in [4.69, 9.17) is 32.7 Å². The Morgan fingerprint density at radius 1 is 1.16 bits per heavy atom. The third-order valence-corrected chi connectivity index (χ3v) is 6.03. The molecule has 2 aromatic carbocycles. The molecule has 2 aromatic rings. The first kappa shape index (κ1) is 23.2. The molecule has 166 valence electrons. The van der Waals surface area contributed by atoms with Gasteiger partial charge < -0.3 is 19.9 Å². The normalized spacial score (nSPS) is 18.0. The topological polar surface area (TPSA) is 84.9 Å². The quantitative estimate of drug-likeness (QED) is 0.452. The summed E-state index contributed by atoms with van der Waals surface area (Å²) < 4.78 is 10.0. The molecule has 31 heavy (non-hydrogen) atoms. The van der Waals surface area contributed by atoms with Crippen molar-refractivity contribution in [2.24, 2.45) is 0 Å². The van der Waals surface area contributed by atoms with Gasteiger partial charge in [0.1, 0.15) is 21.9 Å². The summed E-state index contributed by atoms with van der Waals surface area (Å²) >= 11 is 12.2. The Balaban J connectivity index is 1.65. The number of esters is 1. The van der Waals surface area contributed by atoms with E-state index in [1.54, 1.807) is 38.1 Å². The number of carbonyl (C=O) groups is 2. The maximum atomic E-state index is 12.9. The fourth-order valence-corrected chi connectivity index (χ4v) is 3.78. The van der Waals surface area contributed by atoms with Crippen LogP contribution in [0, 0.1) is 0 Å². The van der Waals surface area contributed by atoms with E-state index >= 15 is 0 Å². The minimum atomic E-state index is -1.24. The zero-order valence-electron chi connectivity index (χ0n) is 17.5. The number of phenolic OH excluding ortho intramolecular Hbond substituents is 1. The lowest BCUT2D eigenvalue weighted by Crippen LogP contribution is -2.53. The molecule has 1 amide bonds. The van der Waals surface area contributed by atoms with E-state index in [2.05, 4.69) is 5.32 Å². The molecule has 0 aliphatic heterocycles. The summed E-state index contributed by atoms with van der Waals surface area (Å²) in [5, 5.41) is 12.1. The van der Waals surface area contributed by atoms with Crippen LogP contribution in [0.4, 0.5) is 0 Å². The molecule has 1 saturated carbocycles. The molecule has 0 radical (unpaired) electrons. The van der Waals surface area contributed by atoms with Gasteiger partial charge in [0.15, 0.2) is 5.60 Å². The minimum Gasteiger partial charge on any atom is -0.508 e. The van der Waals surface area contributed by atoms with E-state index in [-0.39, 0.29) is 18.1 Å². The average Bonchev–Trinajstić information content (AvgIpc) is 3.36. The van der Waals surface area contributed by atoms with Gasteiger partial charge in [-0.3, -0.25) is 4.79 Å². The number of phenols is 1. The van der Waals surface area contributed by atoms with E-state index in [0.29, 0.717) is 12.2 Å². The molecule has 1 aliphatic carbocycles. The van der Waals surface area contributed by atoms with Crippen molar-refractivity contribution in [3.8, 4) is 11.5 Å². The van der Waals surface area contributed by atoms with Crippen LogP contribution in [0.2, 0.25) is 0 Å². The van der Waals surface area contributed by atoms with Crippen LogP contribution in [-0.4, -0.2) is 40.1 Å². The van der Waals surface area contributed by atoms with Gasteiger partial charge >= 0.3 is 5.97 Å². The van der Waals surface area contributed by atoms with Crippen LogP contribution < -0.4 is 10.1 Å². The number of ether oxygens (including phenoxy) is 2. The van der Waals surface area contributed by atoms with E-state index < -0.39 is 27.9 Å². The van der Waals surface area contributed by atoms with Crippen molar-refractivity contribution in [1.82, 2.24) is 5.32 Å². The molecule has 2 N–H and O–H groups in total. The monoisotopic (exact) mass is 465 g/mol. The van der Waals surface area contributed by atoms with Crippen molar-refractivity contribution in [2.75, 3.05) is 7.11 Å². The fourth-order valence-electron chi connectivity index (χ4n) is 3.22. The van der Waals surface area contributed by atoms with Crippen molar-refractivity contribution in [3.05, 3.63) is 59.7 Å². The molecule has 6 nitrogen and oxygen atoms in total. The molecule has 2 unspecified atom stereocenters. The molecular formula is C23H25Cl2NO5. The molecule has 0 heterocycles. The van der Waals surface area contributed by atoms with Crippen LogP contribution >= 0.6 is 23.2 Å². The lowest BCUT2D eigenvalue weighted by molar-refractivity contribution is -0.147. The maximum Gasteiger partial charge on any atom is 0.328 e. The third kappa shape index (κ3) is 5.83. The van der Waals surface area contributed by atoms with Crippen LogP contribution in [0.1, 0.15) is 37.3 Å². The molecule has 3 rings (SSSR count). The minimum absolute atomic E-state index is 0.0990. The number of rotatable bonds is 8. The molecule has 0 aromatic heterocycles. The summed E-state index contributed by atoms with van der Waals surface area (Å²) in [6.45, 7) is 3.24. The summed E-state index contributed by atoms with van der Waals surface area (Å²) in [7, 11) is 1.26. The van der Waals surface area contributed by atoms with E-state index in [1.165, 1.54) is 19.2 Å².